The van der Waals surface area contributed by atoms with Gasteiger partial charge in [-0.25, -0.2) is 0 Å². The minimum atomic E-state index is 0.0377. The second-order valence-corrected chi connectivity index (χ2v) is 4.98. The lowest BCUT2D eigenvalue weighted by atomic mass is 10.2. The van der Waals surface area contributed by atoms with E-state index in [0.29, 0.717) is 30.3 Å². The number of rotatable bonds is 6. The average molecular weight is 292 g/mol. The van der Waals surface area contributed by atoms with Gasteiger partial charge in [0.2, 0.25) is 0 Å². The molecule has 3 N–H and O–H groups in total. The molecule has 0 saturated heterocycles. The molecule has 5 nitrogen and oxygen atoms in total. The number of oxime groups is 1. The maximum absolute atomic E-state index is 8.70. The molecule has 1 heterocycles. The summed E-state index contributed by atoms with van der Waals surface area (Å²) in [6, 6.07) is 9.17. The summed E-state index contributed by atoms with van der Waals surface area (Å²) in [6.07, 6.45) is 0. The van der Waals surface area contributed by atoms with Crippen LogP contribution in [0.4, 0.5) is 0 Å². The summed E-state index contributed by atoms with van der Waals surface area (Å²) in [5.41, 5.74) is 6.15. The molecular formula is C14H16N2O3S. The fraction of sp³-hybridized carbons (Fsp3) is 0.214. The van der Waals surface area contributed by atoms with Gasteiger partial charge < -0.3 is 20.4 Å². The maximum atomic E-state index is 8.70. The van der Waals surface area contributed by atoms with Crippen molar-refractivity contribution >= 4 is 17.2 Å². The van der Waals surface area contributed by atoms with Crippen molar-refractivity contribution in [2.75, 3.05) is 6.61 Å². The highest BCUT2D eigenvalue weighted by atomic mass is 32.1. The fourth-order valence-corrected chi connectivity index (χ4v) is 2.27. The molecule has 2 aromatic rings. The number of nitrogens with two attached hydrogens (primary N) is 1. The molecule has 0 bridgehead atoms. The lowest BCUT2D eigenvalue weighted by molar-refractivity contribution is 0.271. The standard InChI is InChI=1S/C14H16N2O3S/c1-2-18-13-8-10(14(15)16-17)5-6-12(13)19-9-11-4-3-7-20-11/h3-8,17H,2,9H2,1H3,(H2,15,16). The SMILES string of the molecule is CCOc1cc(C(N)=NO)ccc1OCc1cccs1. The number of hydrogen-bond acceptors (Lipinski definition) is 5. The average Bonchev–Trinajstić information content (AvgIpc) is 2.98. The van der Waals surface area contributed by atoms with Crippen LogP contribution in [0, 0.1) is 0 Å². The highest BCUT2D eigenvalue weighted by molar-refractivity contribution is 7.09. The van der Waals surface area contributed by atoms with Crippen molar-refractivity contribution in [3.05, 3.63) is 46.2 Å². The van der Waals surface area contributed by atoms with Gasteiger partial charge in [-0.3, -0.25) is 0 Å². The third-order valence-electron chi connectivity index (χ3n) is 2.60. The van der Waals surface area contributed by atoms with Gasteiger partial charge >= 0.3 is 0 Å². The van der Waals surface area contributed by atoms with Crippen molar-refractivity contribution < 1.29 is 14.7 Å². The minimum Gasteiger partial charge on any atom is -0.490 e. The largest absolute Gasteiger partial charge is 0.490 e. The van der Waals surface area contributed by atoms with E-state index < -0.39 is 0 Å². The molecule has 0 saturated carbocycles. The first-order valence-electron chi connectivity index (χ1n) is 6.14. The molecular weight excluding hydrogens is 276 g/mol. The predicted octanol–water partition coefficient (Wildman–Crippen LogP) is 2.82. The summed E-state index contributed by atoms with van der Waals surface area (Å²) in [5, 5.41) is 13.7. The smallest absolute Gasteiger partial charge is 0.170 e. The molecule has 6 heteroatoms. The monoisotopic (exact) mass is 292 g/mol. The molecule has 1 aromatic heterocycles. The number of ether oxygens (including phenoxy) is 2. The Hall–Kier alpha value is -2.21. The van der Waals surface area contributed by atoms with Gasteiger partial charge in [0.1, 0.15) is 6.61 Å². The molecule has 20 heavy (non-hydrogen) atoms. The molecule has 0 aliphatic heterocycles. The normalized spacial score (nSPS) is 11.3. The van der Waals surface area contributed by atoms with E-state index in [0.717, 1.165) is 4.88 Å². The second-order valence-electron chi connectivity index (χ2n) is 3.95. The molecule has 0 fully saturated rings. The zero-order valence-electron chi connectivity index (χ0n) is 11.1. The van der Waals surface area contributed by atoms with Crippen LogP contribution in [0.3, 0.4) is 0 Å². The van der Waals surface area contributed by atoms with E-state index in [1.807, 2.05) is 24.4 Å². The molecule has 1 aromatic carbocycles. The van der Waals surface area contributed by atoms with Crippen molar-refractivity contribution in [2.45, 2.75) is 13.5 Å². The Morgan fingerprint density at radius 1 is 1.30 bits per heavy atom. The Kier molecular flexibility index (Phi) is 4.84. The zero-order chi connectivity index (χ0) is 14.4. The number of hydrogen-bond donors (Lipinski definition) is 2. The summed E-state index contributed by atoms with van der Waals surface area (Å²) >= 11 is 1.64. The fourth-order valence-electron chi connectivity index (χ4n) is 1.66. The summed E-state index contributed by atoms with van der Waals surface area (Å²) in [6.45, 7) is 2.88. The lowest BCUT2D eigenvalue weighted by Gasteiger charge is -2.12. The molecule has 0 spiro atoms. The first-order valence-corrected chi connectivity index (χ1v) is 7.02. The molecule has 0 aliphatic carbocycles. The highest BCUT2D eigenvalue weighted by Gasteiger charge is 2.09. The van der Waals surface area contributed by atoms with E-state index in [1.165, 1.54) is 0 Å². The van der Waals surface area contributed by atoms with Gasteiger partial charge in [-0.2, -0.15) is 0 Å². The van der Waals surface area contributed by atoms with Gasteiger partial charge in [0, 0.05) is 10.4 Å². The molecule has 0 amide bonds. The van der Waals surface area contributed by atoms with E-state index in [9.17, 15) is 0 Å². The van der Waals surface area contributed by atoms with Gasteiger partial charge in [-0.05, 0) is 36.6 Å². The summed E-state index contributed by atoms with van der Waals surface area (Å²) in [7, 11) is 0. The number of amidine groups is 1. The lowest BCUT2D eigenvalue weighted by Crippen LogP contribution is -2.13. The number of benzene rings is 1. The third-order valence-corrected chi connectivity index (χ3v) is 3.45. The molecule has 0 radical (unpaired) electrons. The molecule has 0 atom stereocenters. The van der Waals surface area contributed by atoms with Gasteiger partial charge in [0.25, 0.3) is 0 Å². The van der Waals surface area contributed by atoms with Crippen LogP contribution in [0.5, 0.6) is 11.5 Å². The van der Waals surface area contributed by atoms with Gasteiger partial charge in [-0.15, -0.1) is 11.3 Å². The van der Waals surface area contributed by atoms with E-state index in [-0.39, 0.29) is 5.84 Å². The van der Waals surface area contributed by atoms with Crippen molar-refractivity contribution in [3.8, 4) is 11.5 Å². The van der Waals surface area contributed by atoms with E-state index >= 15 is 0 Å². The van der Waals surface area contributed by atoms with Crippen LogP contribution in [-0.2, 0) is 6.61 Å². The molecule has 106 valence electrons. The molecule has 0 aliphatic rings. The summed E-state index contributed by atoms with van der Waals surface area (Å²) < 4.78 is 11.3. The Morgan fingerprint density at radius 3 is 2.80 bits per heavy atom. The quantitative estimate of drug-likeness (QED) is 0.371. The zero-order valence-corrected chi connectivity index (χ0v) is 11.9. The minimum absolute atomic E-state index is 0.0377. The molecule has 2 rings (SSSR count). The predicted molar refractivity (Wildman–Crippen MR) is 78.8 cm³/mol. The van der Waals surface area contributed by atoms with Crippen LogP contribution < -0.4 is 15.2 Å². The number of nitrogens with zero attached hydrogens (tertiary/aromatic N) is 1. The Morgan fingerprint density at radius 2 is 2.15 bits per heavy atom. The first kappa shape index (κ1) is 14.2. The Labute approximate surface area is 121 Å². The van der Waals surface area contributed by atoms with Crippen molar-refractivity contribution in [1.29, 1.82) is 0 Å². The van der Waals surface area contributed by atoms with Crippen molar-refractivity contribution in [1.82, 2.24) is 0 Å². The maximum Gasteiger partial charge on any atom is 0.170 e. The van der Waals surface area contributed by atoms with Crippen LogP contribution >= 0.6 is 11.3 Å². The van der Waals surface area contributed by atoms with Gasteiger partial charge in [-0.1, -0.05) is 11.2 Å². The topological polar surface area (TPSA) is 77.1 Å². The molecule has 0 unspecified atom stereocenters. The van der Waals surface area contributed by atoms with Gasteiger partial charge in [0.05, 0.1) is 6.61 Å². The van der Waals surface area contributed by atoms with Crippen LogP contribution in [0.25, 0.3) is 0 Å². The van der Waals surface area contributed by atoms with Crippen molar-refractivity contribution in [2.24, 2.45) is 10.9 Å². The van der Waals surface area contributed by atoms with E-state index in [4.69, 9.17) is 20.4 Å². The third kappa shape index (κ3) is 3.42. The number of thiophene rings is 1. The Balaban J connectivity index is 2.18. The van der Waals surface area contributed by atoms with E-state index in [2.05, 4.69) is 5.16 Å². The van der Waals surface area contributed by atoms with E-state index in [1.54, 1.807) is 29.5 Å². The Bertz CT molecular complexity index is 582. The summed E-state index contributed by atoms with van der Waals surface area (Å²) in [4.78, 5) is 1.13. The second kappa shape index (κ2) is 6.81. The van der Waals surface area contributed by atoms with Crippen LogP contribution in [0.15, 0.2) is 40.9 Å². The van der Waals surface area contributed by atoms with Crippen LogP contribution in [-0.4, -0.2) is 17.6 Å². The van der Waals surface area contributed by atoms with Gasteiger partial charge in [0.15, 0.2) is 17.3 Å². The van der Waals surface area contributed by atoms with Crippen molar-refractivity contribution in [3.63, 3.8) is 0 Å². The van der Waals surface area contributed by atoms with Crippen LogP contribution in [0.2, 0.25) is 0 Å². The first-order chi connectivity index (χ1) is 9.74. The highest BCUT2D eigenvalue weighted by Crippen LogP contribution is 2.29. The van der Waals surface area contributed by atoms with Crippen LogP contribution in [0.1, 0.15) is 17.4 Å². The summed E-state index contributed by atoms with van der Waals surface area (Å²) in [5.74, 6) is 1.25.